The molecule has 4 nitrogen and oxygen atoms in total. The molecule has 0 bridgehead atoms. The number of anilines is 1. The Balaban J connectivity index is 1.90. The quantitative estimate of drug-likeness (QED) is 0.582. The van der Waals surface area contributed by atoms with E-state index in [1.807, 2.05) is 30.3 Å². The molecule has 108 valence electrons. The summed E-state index contributed by atoms with van der Waals surface area (Å²) in [6.07, 6.45) is 0. The molecule has 0 aliphatic carbocycles. The van der Waals surface area contributed by atoms with E-state index in [9.17, 15) is 0 Å². The number of fused-ring (bicyclic) bond motifs is 1. The van der Waals surface area contributed by atoms with Crippen molar-refractivity contribution < 1.29 is 4.74 Å². The van der Waals surface area contributed by atoms with E-state index < -0.39 is 0 Å². The van der Waals surface area contributed by atoms with E-state index >= 15 is 0 Å². The molecule has 3 aromatic rings. The standard InChI is InChI=1S/C14H11Br2N3OSe/c1-20-14-8(5-9(15)6-10(14)16)7-17-11-3-2-4-12-13(11)19-21-18-12/h2-6,17H,7H2,1H3. The van der Waals surface area contributed by atoms with Gasteiger partial charge >= 0.3 is 146 Å². The van der Waals surface area contributed by atoms with Crippen molar-refractivity contribution in [1.29, 1.82) is 0 Å². The molecular weight excluding hydrogens is 465 g/mol. The van der Waals surface area contributed by atoms with Gasteiger partial charge in [-0.1, -0.05) is 0 Å². The molecule has 1 N–H and O–H groups in total. The fourth-order valence-electron chi connectivity index (χ4n) is 2.11. The fraction of sp³-hybridized carbons (Fsp3) is 0.143. The number of nitrogens with one attached hydrogen (secondary N) is 1. The van der Waals surface area contributed by atoms with Crippen molar-refractivity contribution in [3.63, 3.8) is 0 Å². The summed E-state index contributed by atoms with van der Waals surface area (Å²) >= 11 is 7.01. The van der Waals surface area contributed by atoms with E-state index in [2.05, 4.69) is 45.1 Å². The van der Waals surface area contributed by atoms with E-state index in [4.69, 9.17) is 4.74 Å². The van der Waals surface area contributed by atoms with Crippen molar-refractivity contribution in [2.75, 3.05) is 12.4 Å². The third kappa shape index (κ3) is 3.16. The Labute approximate surface area is 145 Å². The number of ether oxygens (including phenoxy) is 1. The van der Waals surface area contributed by atoms with Crippen LogP contribution >= 0.6 is 31.9 Å². The van der Waals surface area contributed by atoms with Gasteiger partial charge < -0.3 is 0 Å². The van der Waals surface area contributed by atoms with Gasteiger partial charge in [0.25, 0.3) is 0 Å². The molecule has 0 saturated heterocycles. The van der Waals surface area contributed by atoms with E-state index in [-0.39, 0.29) is 15.0 Å². The summed E-state index contributed by atoms with van der Waals surface area (Å²) in [5.41, 5.74) is 4.01. The summed E-state index contributed by atoms with van der Waals surface area (Å²) in [5, 5.41) is 3.43. The maximum atomic E-state index is 5.47. The van der Waals surface area contributed by atoms with Crippen LogP contribution in [0.2, 0.25) is 0 Å². The van der Waals surface area contributed by atoms with Gasteiger partial charge in [0.1, 0.15) is 0 Å². The van der Waals surface area contributed by atoms with Crippen molar-refractivity contribution in [3.05, 3.63) is 44.8 Å². The second-order valence-corrected chi connectivity index (χ2v) is 7.25. The molecule has 2 aromatic carbocycles. The van der Waals surface area contributed by atoms with E-state index in [0.29, 0.717) is 6.54 Å². The summed E-state index contributed by atoms with van der Waals surface area (Å²) in [6.45, 7) is 0.653. The first-order chi connectivity index (χ1) is 10.2. The number of methoxy groups -OCH3 is 1. The average Bonchev–Trinajstić information content (AvgIpc) is 2.93. The van der Waals surface area contributed by atoms with Gasteiger partial charge in [0, 0.05) is 0 Å². The number of nitrogens with zero attached hydrogens (tertiary/aromatic N) is 2. The number of hydrogen-bond acceptors (Lipinski definition) is 4. The zero-order valence-corrected chi connectivity index (χ0v) is 15.9. The Hall–Kier alpha value is -0.881. The number of aromatic nitrogens is 2. The van der Waals surface area contributed by atoms with Gasteiger partial charge in [-0.2, -0.15) is 0 Å². The van der Waals surface area contributed by atoms with E-state index in [0.717, 1.165) is 37.0 Å². The Kier molecular flexibility index (Phi) is 4.64. The first-order valence-electron chi connectivity index (χ1n) is 6.16. The molecule has 7 heteroatoms. The Bertz CT molecular complexity index is 791. The van der Waals surface area contributed by atoms with Crippen LogP contribution in [0.25, 0.3) is 11.0 Å². The number of halogens is 2. The van der Waals surface area contributed by atoms with Crippen molar-refractivity contribution in [2.45, 2.75) is 6.54 Å². The molecule has 0 amide bonds. The van der Waals surface area contributed by atoms with Crippen LogP contribution in [0.5, 0.6) is 5.75 Å². The van der Waals surface area contributed by atoms with E-state index in [1.165, 1.54) is 0 Å². The monoisotopic (exact) mass is 475 g/mol. The Morgan fingerprint density at radius 2 is 2.10 bits per heavy atom. The van der Waals surface area contributed by atoms with Gasteiger partial charge in [-0.05, 0) is 0 Å². The summed E-state index contributed by atoms with van der Waals surface area (Å²) in [4.78, 5) is 0. The van der Waals surface area contributed by atoms with Crippen LogP contribution in [0.3, 0.4) is 0 Å². The molecule has 21 heavy (non-hydrogen) atoms. The van der Waals surface area contributed by atoms with Gasteiger partial charge in [-0.15, -0.1) is 0 Å². The second kappa shape index (κ2) is 6.48. The van der Waals surface area contributed by atoms with Crippen molar-refractivity contribution >= 4 is 63.5 Å². The van der Waals surface area contributed by atoms with Crippen LogP contribution in [0, 0.1) is 0 Å². The molecular formula is C14H11Br2N3OSe. The fourth-order valence-corrected chi connectivity index (χ4v) is 4.74. The van der Waals surface area contributed by atoms with Gasteiger partial charge in [-0.25, -0.2) is 0 Å². The van der Waals surface area contributed by atoms with Crippen LogP contribution in [-0.4, -0.2) is 30.0 Å². The zero-order valence-electron chi connectivity index (χ0n) is 11.1. The first-order valence-corrected chi connectivity index (χ1v) is 9.28. The molecule has 1 aromatic heterocycles. The Morgan fingerprint density at radius 1 is 1.24 bits per heavy atom. The minimum absolute atomic E-state index is 0.0173. The molecule has 0 aliphatic heterocycles. The molecule has 0 fully saturated rings. The second-order valence-electron chi connectivity index (χ2n) is 4.37. The molecule has 0 unspecified atom stereocenters. The molecule has 1 heterocycles. The topological polar surface area (TPSA) is 47.0 Å². The van der Waals surface area contributed by atoms with Crippen molar-refractivity contribution in [1.82, 2.24) is 7.96 Å². The minimum atomic E-state index is -0.0173. The van der Waals surface area contributed by atoms with E-state index in [1.54, 1.807) is 7.11 Å². The normalized spacial score (nSPS) is 10.8. The predicted molar refractivity (Wildman–Crippen MR) is 92.2 cm³/mol. The van der Waals surface area contributed by atoms with Gasteiger partial charge in [0.05, 0.1) is 0 Å². The molecule has 3 rings (SSSR count). The summed E-state index contributed by atoms with van der Waals surface area (Å²) in [7, 11) is 1.68. The number of hydrogen-bond donors (Lipinski definition) is 1. The molecule has 0 atom stereocenters. The van der Waals surface area contributed by atoms with Crippen LogP contribution in [-0.2, 0) is 6.54 Å². The molecule has 0 saturated carbocycles. The van der Waals surface area contributed by atoms with Crippen molar-refractivity contribution in [3.8, 4) is 5.75 Å². The third-order valence-corrected chi connectivity index (χ3v) is 5.23. The molecule has 0 spiro atoms. The molecule has 0 radical (unpaired) electrons. The Morgan fingerprint density at radius 3 is 2.90 bits per heavy atom. The van der Waals surface area contributed by atoms with Crippen molar-refractivity contribution in [2.24, 2.45) is 0 Å². The predicted octanol–water partition coefficient (Wildman–Crippen LogP) is 3.83. The van der Waals surface area contributed by atoms with Gasteiger partial charge in [-0.3, -0.25) is 0 Å². The van der Waals surface area contributed by atoms with Crippen LogP contribution < -0.4 is 10.1 Å². The first kappa shape index (κ1) is 15.0. The zero-order chi connectivity index (χ0) is 14.8. The number of rotatable bonds is 4. The third-order valence-electron chi connectivity index (χ3n) is 3.04. The SMILES string of the molecule is COc1c(Br)cc(Br)cc1CNc1cccc2n[se]nc12. The summed E-state index contributed by atoms with van der Waals surface area (Å²) in [6, 6.07) is 10.0. The van der Waals surface area contributed by atoms with Crippen LogP contribution in [0.1, 0.15) is 5.56 Å². The van der Waals surface area contributed by atoms with Crippen LogP contribution in [0.4, 0.5) is 5.69 Å². The molecule has 0 aliphatic rings. The summed E-state index contributed by atoms with van der Waals surface area (Å²) in [5.74, 6) is 0.837. The van der Waals surface area contributed by atoms with Crippen LogP contribution in [0.15, 0.2) is 39.3 Å². The van der Waals surface area contributed by atoms with Gasteiger partial charge in [0.15, 0.2) is 0 Å². The average molecular weight is 476 g/mol. The summed E-state index contributed by atoms with van der Waals surface area (Å²) < 4.78 is 16.3. The van der Waals surface area contributed by atoms with Gasteiger partial charge in [0.2, 0.25) is 0 Å². The number of benzene rings is 2. The maximum absolute atomic E-state index is 5.47.